The van der Waals surface area contributed by atoms with E-state index in [2.05, 4.69) is 9.97 Å². The molecule has 0 bridgehead atoms. The summed E-state index contributed by atoms with van der Waals surface area (Å²) in [7, 11) is 0. The second-order valence-corrected chi connectivity index (χ2v) is 2.87. The molecule has 0 unspecified atom stereocenters. The number of nitrogens with zero attached hydrogens (tertiary/aromatic N) is 1. The third-order valence-electron chi connectivity index (χ3n) is 1.83. The molecule has 2 N–H and O–H groups in total. The van der Waals surface area contributed by atoms with Crippen molar-refractivity contribution >= 4 is 16.8 Å². The van der Waals surface area contributed by atoms with Crippen molar-refractivity contribution in [2.75, 3.05) is 0 Å². The molecule has 13 heavy (non-hydrogen) atoms. The minimum atomic E-state index is -0.0440. The van der Waals surface area contributed by atoms with Gasteiger partial charge >= 0.3 is 0 Å². The van der Waals surface area contributed by atoms with Gasteiger partial charge in [-0.2, -0.15) is 0 Å². The molecule has 0 atom stereocenters. The third kappa shape index (κ3) is 1.26. The molecule has 0 spiro atoms. The minimum absolute atomic E-state index is 0.0440. The number of hydrogen-bond acceptors (Lipinski definition) is 3. The van der Waals surface area contributed by atoms with Crippen LogP contribution in [-0.4, -0.2) is 20.9 Å². The number of Topliss-reactive ketones (excluding diaryl/α,β-unsaturated/α-hetero) is 1. The van der Waals surface area contributed by atoms with Gasteiger partial charge in [-0.3, -0.25) is 4.79 Å². The number of hydrogen-bond donors (Lipinski definition) is 2. The summed E-state index contributed by atoms with van der Waals surface area (Å²) in [5, 5.41) is 9.86. The summed E-state index contributed by atoms with van der Waals surface area (Å²) < 4.78 is 0. The molecule has 0 fully saturated rings. The number of aromatic hydroxyl groups is 1. The van der Waals surface area contributed by atoms with Crippen LogP contribution in [0, 0.1) is 0 Å². The standard InChI is InChI=1S/C9H8N2O2/c1-5(12)8-3-6-2-7(13)4-10-9(6)11-8/h2-4,13H,1H3,(H,10,11). The quantitative estimate of drug-likeness (QED) is 0.646. The Hall–Kier alpha value is -1.84. The molecular formula is C9H8N2O2. The number of carbonyl (C=O) groups is 1. The molecule has 2 aromatic rings. The minimum Gasteiger partial charge on any atom is -0.506 e. The van der Waals surface area contributed by atoms with E-state index in [9.17, 15) is 4.79 Å². The van der Waals surface area contributed by atoms with Crippen LogP contribution in [0.3, 0.4) is 0 Å². The maximum atomic E-state index is 11.0. The predicted octanol–water partition coefficient (Wildman–Crippen LogP) is 1.47. The van der Waals surface area contributed by atoms with E-state index < -0.39 is 0 Å². The van der Waals surface area contributed by atoms with Gasteiger partial charge in [0.25, 0.3) is 0 Å². The topological polar surface area (TPSA) is 66.0 Å². The number of H-pyrrole nitrogens is 1. The number of ketones is 1. The van der Waals surface area contributed by atoms with Gasteiger partial charge in [0.1, 0.15) is 11.4 Å². The van der Waals surface area contributed by atoms with Gasteiger partial charge in [0.05, 0.1) is 11.9 Å². The summed E-state index contributed by atoms with van der Waals surface area (Å²) in [4.78, 5) is 17.8. The van der Waals surface area contributed by atoms with E-state index in [0.717, 1.165) is 5.39 Å². The van der Waals surface area contributed by atoms with Crippen LogP contribution in [0.25, 0.3) is 11.0 Å². The fourth-order valence-corrected chi connectivity index (χ4v) is 1.19. The van der Waals surface area contributed by atoms with Gasteiger partial charge in [0.15, 0.2) is 5.78 Å². The number of aromatic nitrogens is 2. The lowest BCUT2D eigenvalue weighted by molar-refractivity contribution is 0.101. The van der Waals surface area contributed by atoms with E-state index in [4.69, 9.17) is 5.11 Å². The first-order valence-corrected chi connectivity index (χ1v) is 3.85. The Bertz CT molecular complexity index is 473. The number of rotatable bonds is 1. The van der Waals surface area contributed by atoms with E-state index in [1.165, 1.54) is 13.1 Å². The molecule has 0 aliphatic rings. The zero-order valence-corrected chi connectivity index (χ0v) is 7.03. The van der Waals surface area contributed by atoms with Crippen LogP contribution in [0.1, 0.15) is 17.4 Å². The highest BCUT2D eigenvalue weighted by atomic mass is 16.3. The molecule has 4 nitrogen and oxygen atoms in total. The molecule has 4 heteroatoms. The van der Waals surface area contributed by atoms with Crippen molar-refractivity contribution in [1.29, 1.82) is 0 Å². The van der Waals surface area contributed by atoms with Gasteiger partial charge in [-0.15, -0.1) is 0 Å². The van der Waals surface area contributed by atoms with Crippen molar-refractivity contribution in [3.63, 3.8) is 0 Å². The summed E-state index contributed by atoms with van der Waals surface area (Å²) in [6, 6.07) is 3.23. The first-order valence-electron chi connectivity index (χ1n) is 3.85. The Morgan fingerprint density at radius 1 is 1.54 bits per heavy atom. The first kappa shape index (κ1) is 7.79. The highest BCUT2D eigenvalue weighted by Crippen LogP contribution is 2.17. The van der Waals surface area contributed by atoms with Gasteiger partial charge in [-0.1, -0.05) is 0 Å². The Labute approximate surface area is 74.2 Å². The van der Waals surface area contributed by atoms with Crippen LogP contribution in [0.2, 0.25) is 0 Å². The fourth-order valence-electron chi connectivity index (χ4n) is 1.19. The lowest BCUT2D eigenvalue weighted by Crippen LogP contribution is -1.90. The monoisotopic (exact) mass is 176 g/mol. The molecule has 2 rings (SSSR count). The molecular weight excluding hydrogens is 168 g/mol. The van der Waals surface area contributed by atoms with Gasteiger partial charge < -0.3 is 10.1 Å². The molecule has 2 heterocycles. The molecule has 0 radical (unpaired) electrons. The molecule has 66 valence electrons. The molecule has 0 saturated heterocycles. The van der Waals surface area contributed by atoms with Crippen LogP contribution in [0.4, 0.5) is 0 Å². The number of carbonyl (C=O) groups excluding carboxylic acids is 1. The van der Waals surface area contributed by atoms with Gasteiger partial charge in [0, 0.05) is 12.3 Å². The van der Waals surface area contributed by atoms with Crippen LogP contribution in [0.5, 0.6) is 5.75 Å². The second kappa shape index (κ2) is 2.58. The highest BCUT2D eigenvalue weighted by Gasteiger charge is 2.05. The number of aromatic amines is 1. The van der Waals surface area contributed by atoms with Crippen molar-refractivity contribution in [2.45, 2.75) is 6.92 Å². The third-order valence-corrected chi connectivity index (χ3v) is 1.83. The molecule has 0 saturated carbocycles. The first-order chi connectivity index (χ1) is 6.16. The highest BCUT2D eigenvalue weighted by molar-refractivity contribution is 5.97. The number of pyridine rings is 1. The largest absolute Gasteiger partial charge is 0.506 e. The van der Waals surface area contributed by atoms with Crippen molar-refractivity contribution in [3.05, 3.63) is 24.0 Å². The zero-order chi connectivity index (χ0) is 9.42. The number of fused-ring (bicyclic) bond motifs is 1. The average Bonchev–Trinajstić information content (AvgIpc) is 2.46. The summed E-state index contributed by atoms with van der Waals surface area (Å²) in [6.45, 7) is 1.48. The summed E-state index contributed by atoms with van der Waals surface area (Å²) in [5.41, 5.74) is 1.12. The lowest BCUT2D eigenvalue weighted by atomic mass is 10.3. The van der Waals surface area contributed by atoms with E-state index in [0.29, 0.717) is 11.3 Å². The Kier molecular flexibility index (Phi) is 1.55. The predicted molar refractivity (Wildman–Crippen MR) is 47.8 cm³/mol. The Balaban J connectivity index is 2.68. The lowest BCUT2D eigenvalue weighted by Gasteiger charge is -1.89. The van der Waals surface area contributed by atoms with Crippen LogP contribution >= 0.6 is 0 Å². The average molecular weight is 176 g/mol. The van der Waals surface area contributed by atoms with Crippen molar-refractivity contribution < 1.29 is 9.90 Å². The van der Waals surface area contributed by atoms with Crippen LogP contribution < -0.4 is 0 Å². The Morgan fingerprint density at radius 2 is 2.31 bits per heavy atom. The fraction of sp³-hybridized carbons (Fsp3) is 0.111. The maximum absolute atomic E-state index is 11.0. The summed E-state index contributed by atoms with van der Waals surface area (Å²) in [5.74, 6) is 0.0547. The molecule has 0 aliphatic carbocycles. The van der Waals surface area contributed by atoms with Gasteiger partial charge in [-0.05, 0) is 12.1 Å². The van der Waals surface area contributed by atoms with Gasteiger partial charge in [0.2, 0.25) is 0 Å². The van der Waals surface area contributed by atoms with Crippen molar-refractivity contribution in [3.8, 4) is 5.75 Å². The van der Waals surface area contributed by atoms with E-state index in [1.807, 2.05) is 0 Å². The molecule has 0 aromatic carbocycles. The smallest absolute Gasteiger partial charge is 0.176 e. The Morgan fingerprint density at radius 3 is 3.00 bits per heavy atom. The summed E-state index contributed by atoms with van der Waals surface area (Å²) in [6.07, 6.45) is 1.34. The normalized spacial score (nSPS) is 10.5. The van der Waals surface area contributed by atoms with Gasteiger partial charge in [-0.25, -0.2) is 4.98 Å². The molecule has 0 aliphatic heterocycles. The van der Waals surface area contributed by atoms with Crippen molar-refractivity contribution in [2.24, 2.45) is 0 Å². The molecule has 0 amide bonds. The van der Waals surface area contributed by atoms with Crippen molar-refractivity contribution in [1.82, 2.24) is 9.97 Å². The molecule has 2 aromatic heterocycles. The number of nitrogens with one attached hydrogen (secondary N) is 1. The van der Waals surface area contributed by atoms with E-state index in [-0.39, 0.29) is 11.5 Å². The SMILES string of the molecule is CC(=O)c1cc2cc(O)cnc2[nH]1. The maximum Gasteiger partial charge on any atom is 0.176 e. The van der Waals surface area contributed by atoms with Crippen LogP contribution in [0.15, 0.2) is 18.3 Å². The zero-order valence-electron chi connectivity index (χ0n) is 7.03. The van der Waals surface area contributed by atoms with E-state index in [1.54, 1.807) is 12.1 Å². The summed E-state index contributed by atoms with van der Waals surface area (Å²) >= 11 is 0. The van der Waals surface area contributed by atoms with Crippen LogP contribution in [-0.2, 0) is 0 Å². The van der Waals surface area contributed by atoms with E-state index >= 15 is 0 Å². The second-order valence-electron chi connectivity index (χ2n) is 2.87.